The molecule has 0 atom stereocenters. The predicted octanol–water partition coefficient (Wildman–Crippen LogP) is 4.05. The molecule has 0 unspecified atom stereocenters. The van der Waals surface area contributed by atoms with Gasteiger partial charge in [0.2, 0.25) is 12.7 Å². The van der Waals surface area contributed by atoms with Crippen LogP contribution in [0.25, 0.3) is 11.3 Å². The number of nitrogens with zero attached hydrogens (tertiary/aromatic N) is 1. The van der Waals surface area contributed by atoms with Crippen LogP contribution in [0.4, 0.5) is 5.69 Å². The summed E-state index contributed by atoms with van der Waals surface area (Å²) in [6, 6.07) is 15.2. The molecule has 1 N–H and O–H groups in total. The van der Waals surface area contributed by atoms with Crippen LogP contribution in [-0.2, 0) is 10.2 Å². The van der Waals surface area contributed by atoms with Crippen molar-refractivity contribution in [1.29, 1.82) is 0 Å². The minimum absolute atomic E-state index is 0.0429. The van der Waals surface area contributed by atoms with Gasteiger partial charge in [0.15, 0.2) is 17.3 Å². The molecule has 0 radical (unpaired) electrons. The molecule has 2 heterocycles. The number of carbonyl (C=O) groups excluding carboxylic acids is 1. The van der Waals surface area contributed by atoms with Crippen LogP contribution in [0.2, 0.25) is 0 Å². The summed E-state index contributed by atoms with van der Waals surface area (Å²) in [5.41, 5.74) is 2.80. The molecular weight excluding hydrogens is 344 g/mol. The number of rotatable bonds is 4. The maximum absolute atomic E-state index is 12.9. The number of hydrogen-bond acceptors (Lipinski definition) is 5. The number of hydrogen-bond donors (Lipinski definition) is 1. The number of anilines is 1. The lowest BCUT2D eigenvalue weighted by atomic mass is 10.00. The van der Waals surface area contributed by atoms with E-state index in [1.807, 2.05) is 55.5 Å². The van der Waals surface area contributed by atoms with E-state index < -0.39 is 5.41 Å². The quantitative estimate of drug-likeness (QED) is 0.758. The van der Waals surface area contributed by atoms with Crippen LogP contribution in [0.3, 0.4) is 0 Å². The summed E-state index contributed by atoms with van der Waals surface area (Å²) in [7, 11) is 0. The zero-order valence-electron chi connectivity index (χ0n) is 14.8. The zero-order valence-corrected chi connectivity index (χ0v) is 14.8. The van der Waals surface area contributed by atoms with Crippen LogP contribution >= 0.6 is 0 Å². The number of amides is 1. The molecule has 3 aromatic rings. The molecule has 2 aromatic carbocycles. The summed E-state index contributed by atoms with van der Waals surface area (Å²) in [6.07, 6.45) is 1.52. The van der Waals surface area contributed by atoms with Gasteiger partial charge in [0.1, 0.15) is 0 Å². The third-order valence-electron chi connectivity index (χ3n) is 5.12. The topological polar surface area (TPSA) is 73.6 Å². The summed E-state index contributed by atoms with van der Waals surface area (Å²) in [5.74, 6) is 1.97. The number of nitrogens with one attached hydrogen (secondary N) is 1. The molecule has 5 rings (SSSR count). The standard InChI is InChI=1S/C21H18N2O4/c1-13-3-2-4-15(9-13)22-20(24)21(7-8-21)19-11-17(27-23-19)14-5-6-16-18(10-14)26-12-25-16/h2-6,9-11H,7-8,12H2,1H3,(H,22,24). The molecule has 1 amide bonds. The van der Waals surface area contributed by atoms with Gasteiger partial charge < -0.3 is 19.3 Å². The summed E-state index contributed by atoms with van der Waals surface area (Å²) < 4.78 is 16.3. The summed E-state index contributed by atoms with van der Waals surface area (Å²) in [4.78, 5) is 12.9. The maximum Gasteiger partial charge on any atom is 0.236 e. The highest BCUT2D eigenvalue weighted by atomic mass is 16.7. The third kappa shape index (κ3) is 2.73. The molecule has 1 aliphatic heterocycles. The molecule has 1 fully saturated rings. The largest absolute Gasteiger partial charge is 0.454 e. The van der Waals surface area contributed by atoms with Crippen LogP contribution in [0.1, 0.15) is 24.1 Å². The number of aryl methyl sites for hydroxylation is 1. The van der Waals surface area contributed by atoms with Crippen LogP contribution in [0.15, 0.2) is 53.1 Å². The summed E-state index contributed by atoms with van der Waals surface area (Å²) in [5, 5.41) is 7.20. The van der Waals surface area contributed by atoms with Crippen LogP contribution in [-0.4, -0.2) is 17.9 Å². The van der Waals surface area contributed by atoms with E-state index in [4.69, 9.17) is 14.0 Å². The van der Waals surface area contributed by atoms with Gasteiger partial charge in [-0.1, -0.05) is 17.3 Å². The highest BCUT2D eigenvalue weighted by molar-refractivity contribution is 6.01. The first kappa shape index (κ1) is 15.9. The fourth-order valence-electron chi connectivity index (χ4n) is 3.38. The van der Waals surface area contributed by atoms with Gasteiger partial charge in [-0.25, -0.2) is 0 Å². The van der Waals surface area contributed by atoms with E-state index in [2.05, 4.69) is 10.5 Å². The van der Waals surface area contributed by atoms with Gasteiger partial charge in [0, 0.05) is 17.3 Å². The van der Waals surface area contributed by atoms with E-state index in [-0.39, 0.29) is 12.7 Å². The van der Waals surface area contributed by atoms with Crippen molar-refractivity contribution in [2.45, 2.75) is 25.2 Å². The second-order valence-corrected chi connectivity index (χ2v) is 7.05. The highest BCUT2D eigenvalue weighted by Crippen LogP contribution is 2.49. The van der Waals surface area contributed by atoms with E-state index >= 15 is 0 Å². The van der Waals surface area contributed by atoms with Crippen LogP contribution in [0.5, 0.6) is 11.5 Å². The Morgan fingerprint density at radius 2 is 1.93 bits per heavy atom. The number of aromatic nitrogens is 1. The normalized spacial score (nSPS) is 16.2. The molecule has 1 aromatic heterocycles. The van der Waals surface area contributed by atoms with Gasteiger partial charge in [-0.3, -0.25) is 4.79 Å². The van der Waals surface area contributed by atoms with E-state index in [1.165, 1.54) is 0 Å². The Morgan fingerprint density at radius 1 is 1.07 bits per heavy atom. The van der Waals surface area contributed by atoms with Crippen molar-refractivity contribution in [3.63, 3.8) is 0 Å². The predicted molar refractivity (Wildman–Crippen MR) is 98.8 cm³/mol. The molecular formula is C21H18N2O4. The minimum atomic E-state index is -0.609. The van der Waals surface area contributed by atoms with Crippen molar-refractivity contribution < 1.29 is 18.8 Å². The Labute approximate surface area is 156 Å². The first-order valence-corrected chi connectivity index (χ1v) is 8.89. The number of carbonyl (C=O) groups is 1. The van der Waals surface area contributed by atoms with Crippen molar-refractivity contribution in [2.24, 2.45) is 0 Å². The fourth-order valence-corrected chi connectivity index (χ4v) is 3.38. The average Bonchev–Trinajstić information content (AvgIpc) is 3.11. The molecule has 0 spiro atoms. The first-order valence-electron chi connectivity index (χ1n) is 8.89. The third-order valence-corrected chi connectivity index (χ3v) is 5.12. The van der Waals surface area contributed by atoms with Crippen molar-refractivity contribution in [1.82, 2.24) is 5.16 Å². The first-order chi connectivity index (χ1) is 13.1. The molecule has 1 saturated carbocycles. The van der Waals surface area contributed by atoms with Crippen molar-refractivity contribution in [3.05, 3.63) is 59.8 Å². The second kappa shape index (κ2) is 5.87. The van der Waals surface area contributed by atoms with Gasteiger partial charge in [0.05, 0.1) is 11.1 Å². The van der Waals surface area contributed by atoms with Gasteiger partial charge in [0.25, 0.3) is 0 Å². The SMILES string of the molecule is Cc1cccc(NC(=O)C2(c3cc(-c4ccc5c(c4)OCO5)on3)CC2)c1. The Bertz CT molecular complexity index is 1040. The average molecular weight is 362 g/mol. The lowest BCUT2D eigenvalue weighted by Crippen LogP contribution is -2.28. The molecule has 2 aliphatic rings. The number of ether oxygens (including phenoxy) is 2. The fraction of sp³-hybridized carbons (Fsp3) is 0.238. The zero-order chi connectivity index (χ0) is 18.4. The van der Waals surface area contributed by atoms with Gasteiger partial charge in [-0.05, 0) is 55.7 Å². The Hall–Kier alpha value is -3.28. The smallest absolute Gasteiger partial charge is 0.236 e. The van der Waals surface area contributed by atoms with Crippen molar-refractivity contribution in [3.8, 4) is 22.8 Å². The molecule has 0 bridgehead atoms. The van der Waals surface area contributed by atoms with E-state index in [1.54, 1.807) is 0 Å². The van der Waals surface area contributed by atoms with Gasteiger partial charge >= 0.3 is 0 Å². The Balaban J connectivity index is 1.39. The van der Waals surface area contributed by atoms with E-state index in [0.717, 1.165) is 35.4 Å². The summed E-state index contributed by atoms with van der Waals surface area (Å²) in [6.45, 7) is 2.22. The molecule has 6 nitrogen and oxygen atoms in total. The van der Waals surface area contributed by atoms with Crippen LogP contribution < -0.4 is 14.8 Å². The van der Waals surface area contributed by atoms with Crippen LogP contribution in [0, 0.1) is 6.92 Å². The number of benzene rings is 2. The maximum atomic E-state index is 12.9. The molecule has 136 valence electrons. The Kier molecular flexibility index (Phi) is 3.47. The highest BCUT2D eigenvalue weighted by Gasteiger charge is 2.53. The van der Waals surface area contributed by atoms with Gasteiger partial charge in [-0.2, -0.15) is 0 Å². The molecule has 0 saturated heterocycles. The minimum Gasteiger partial charge on any atom is -0.454 e. The van der Waals surface area contributed by atoms with Crippen molar-refractivity contribution in [2.75, 3.05) is 12.1 Å². The lowest BCUT2D eigenvalue weighted by molar-refractivity contribution is -0.118. The van der Waals surface area contributed by atoms with E-state index in [0.29, 0.717) is 17.2 Å². The van der Waals surface area contributed by atoms with Crippen molar-refractivity contribution >= 4 is 11.6 Å². The number of fused-ring (bicyclic) bond motifs is 1. The second-order valence-electron chi connectivity index (χ2n) is 7.05. The summed E-state index contributed by atoms with van der Waals surface area (Å²) >= 11 is 0. The molecule has 1 aliphatic carbocycles. The lowest BCUT2D eigenvalue weighted by Gasteiger charge is -2.12. The molecule has 6 heteroatoms. The Morgan fingerprint density at radius 3 is 2.74 bits per heavy atom. The van der Waals surface area contributed by atoms with Gasteiger partial charge in [-0.15, -0.1) is 0 Å². The van der Waals surface area contributed by atoms with E-state index in [9.17, 15) is 4.79 Å². The monoisotopic (exact) mass is 362 g/mol. The molecule has 27 heavy (non-hydrogen) atoms.